The molecule has 0 saturated carbocycles. The van der Waals surface area contributed by atoms with E-state index >= 15 is 0 Å². The Hall–Kier alpha value is -3.26. The number of para-hydroxylation sites is 1. The highest BCUT2D eigenvalue weighted by Crippen LogP contribution is 2.17. The van der Waals surface area contributed by atoms with Gasteiger partial charge in [0.1, 0.15) is 5.76 Å². The van der Waals surface area contributed by atoms with Crippen molar-refractivity contribution in [3.63, 3.8) is 0 Å². The topological polar surface area (TPSA) is 84.5 Å². The van der Waals surface area contributed by atoms with Gasteiger partial charge in [0.2, 0.25) is 5.43 Å². The fourth-order valence-electron chi connectivity index (χ4n) is 3.74. The monoisotopic (exact) mass is 407 g/mol. The molecule has 2 aromatic heterocycles. The zero-order valence-electron chi connectivity index (χ0n) is 17.5. The largest absolute Gasteiger partial charge is 0.361 e. The minimum atomic E-state index is -0.345. The van der Waals surface area contributed by atoms with Gasteiger partial charge in [0, 0.05) is 50.0 Å². The maximum atomic E-state index is 13.1. The number of rotatable bonds is 4. The molecule has 1 aromatic carbocycles. The van der Waals surface area contributed by atoms with Gasteiger partial charge in [0.15, 0.2) is 5.69 Å². The number of aromatic nitrogens is 3. The van der Waals surface area contributed by atoms with Gasteiger partial charge < -0.3 is 9.42 Å². The Morgan fingerprint density at radius 3 is 2.40 bits per heavy atom. The summed E-state index contributed by atoms with van der Waals surface area (Å²) in [6, 6.07) is 11.0. The van der Waals surface area contributed by atoms with Crippen LogP contribution in [0.5, 0.6) is 0 Å². The van der Waals surface area contributed by atoms with Crippen molar-refractivity contribution >= 4 is 5.91 Å². The van der Waals surface area contributed by atoms with Gasteiger partial charge in [0.25, 0.3) is 5.91 Å². The Morgan fingerprint density at radius 2 is 1.77 bits per heavy atom. The summed E-state index contributed by atoms with van der Waals surface area (Å²) in [4.78, 5) is 29.5. The van der Waals surface area contributed by atoms with Crippen LogP contribution in [0.4, 0.5) is 0 Å². The van der Waals surface area contributed by atoms with Gasteiger partial charge in [-0.2, -0.15) is 5.10 Å². The molecule has 1 saturated heterocycles. The minimum Gasteiger partial charge on any atom is -0.361 e. The highest BCUT2D eigenvalue weighted by molar-refractivity contribution is 5.92. The molecule has 3 aromatic rings. The second-order valence-electron chi connectivity index (χ2n) is 7.62. The van der Waals surface area contributed by atoms with E-state index in [0.717, 1.165) is 29.2 Å². The Kier molecular flexibility index (Phi) is 5.50. The second kappa shape index (κ2) is 8.23. The average molecular weight is 407 g/mol. The van der Waals surface area contributed by atoms with Crippen LogP contribution < -0.4 is 5.43 Å². The summed E-state index contributed by atoms with van der Waals surface area (Å²) < 4.78 is 6.88. The normalized spacial score (nSPS) is 14.8. The van der Waals surface area contributed by atoms with E-state index in [4.69, 9.17) is 4.52 Å². The first-order chi connectivity index (χ1) is 14.4. The molecule has 0 atom stereocenters. The zero-order valence-corrected chi connectivity index (χ0v) is 17.5. The number of aryl methyl sites for hydroxylation is 3. The van der Waals surface area contributed by atoms with Crippen LogP contribution in [-0.4, -0.2) is 56.8 Å². The molecule has 0 unspecified atom stereocenters. The van der Waals surface area contributed by atoms with Gasteiger partial charge in [-0.1, -0.05) is 23.4 Å². The van der Waals surface area contributed by atoms with Crippen molar-refractivity contribution in [1.82, 2.24) is 24.7 Å². The fraction of sp³-hybridized carbons (Fsp3) is 0.364. The van der Waals surface area contributed by atoms with Crippen LogP contribution in [0.3, 0.4) is 0 Å². The van der Waals surface area contributed by atoms with Crippen molar-refractivity contribution in [2.45, 2.75) is 27.3 Å². The molecule has 8 heteroatoms. The smallest absolute Gasteiger partial charge is 0.278 e. The molecule has 0 aliphatic carbocycles. The molecule has 0 spiro atoms. The number of nitrogens with zero attached hydrogens (tertiary/aromatic N) is 5. The molecule has 0 bridgehead atoms. The van der Waals surface area contributed by atoms with E-state index in [1.807, 2.05) is 51.1 Å². The van der Waals surface area contributed by atoms with Gasteiger partial charge in [0.05, 0.1) is 11.4 Å². The van der Waals surface area contributed by atoms with Crippen molar-refractivity contribution in [2.75, 3.05) is 26.2 Å². The summed E-state index contributed by atoms with van der Waals surface area (Å²) in [6.07, 6.45) is 0. The van der Waals surface area contributed by atoms with Gasteiger partial charge in [-0.25, -0.2) is 4.68 Å². The highest BCUT2D eigenvalue weighted by atomic mass is 16.5. The van der Waals surface area contributed by atoms with Gasteiger partial charge in [-0.05, 0) is 32.9 Å². The Morgan fingerprint density at radius 1 is 1.07 bits per heavy atom. The molecule has 3 heterocycles. The Balaban J connectivity index is 1.49. The summed E-state index contributed by atoms with van der Waals surface area (Å²) in [5.74, 6) is 0.512. The van der Waals surface area contributed by atoms with Crippen LogP contribution >= 0.6 is 0 Å². The van der Waals surface area contributed by atoms with Crippen molar-refractivity contribution in [2.24, 2.45) is 0 Å². The average Bonchev–Trinajstić information content (AvgIpc) is 3.06. The van der Waals surface area contributed by atoms with Crippen LogP contribution in [0.15, 0.2) is 45.7 Å². The van der Waals surface area contributed by atoms with E-state index in [-0.39, 0.29) is 17.0 Å². The Bertz CT molecular complexity index is 1090. The summed E-state index contributed by atoms with van der Waals surface area (Å²) in [6.45, 7) is 8.92. The maximum absolute atomic E-state index is 13.1. The van der Waals surface area contributed by atoms with E-state index in [1.165, 1.54) is 6.07 Å². The maximum Gasteiger partial charge on any atom is 0.278 e. The molecule has 1 amide bonds. The lowest BCUT2D eigenvalue weighted by molar-refractivity contribution is 0.0618. The summed E-state index contributed by atoms with van der Waals surface area (Å²) in [5.41, 5.74) is 3.11. The number of hydrogen-bond acceptors (Lipinski definition) is 6. The van der Waals surface area contributed by atoms with E-state index in [9.17, 15) is 9.59 Å². The highest BCUT2D eigenvalue weighted by Gasteiger charge is 2.26. The summed E-state index contributed by atoms with van der Waals surface area (Å²) in [5, 5.41) is 8.40. The predicted octanol–water partition coefficient (Wildman–Crippen LogP) is 2.10. The predicted molar refractivity (Wildman–Crippen MR) is 112 cm³/mol. The lowest BCUT2D eigenvalue weighted by Gasteiger charge is -2.34. The number of hydrogen-bond donors (Lipinski definition) is 0. The first-order valence-electron chi connectivity index (χ1n) is 10.0. The van der Waals surface area contributed by atoms with Crippen molar-refractivity contribution in [3.8, 4) is 5.69 Å². The van der Waals surface area contributed by atoms with Crippen LogP contribution in [0.2, 0.25) is 0 Å². The molecule has 0 N–H and O–H groups in total. The van der Waals surface area contributed by atoms with Crippen LogP contribution in [0, 0.1) is 20.8 Å². The minimum absolute atomic E-state index is 0.0383. The van der Waals surface area contributed by atoms with Gasteiger partial charge in [-0.15, -0.1) is 0 Å². The second-order valence-corrected chi connectivity index (χ2v) is 7.62. The molecule has 8 nitrogen and oxygen atoms in total. The number of piperazine rings is 1. The van der Waals surface area contributed by atoms with Crippen molar-refractivity contribution in [1.29, 1.82) is 0 Å². The summed E-state index contributed by atoms with van der Waals surface area (Å²) >= 11 is 0. The number of carbonyl (C=O) groups excluding carboxylic acids is 1. The first-order valence-corrected chi connectivity index (χ1v) is 10.0. The van der Waals surface area contributed by atoms with Crippen molar-refractivity contribution < 1.29 is 9.32 Å². The quantitative estimate of drug-likeness (QED) is 0.659. The van der Waals surface area contributed by atoms with E-state index < -0.39 is 0 Å². The molecule has 4 rings (SSSR count). The van der Waals surface area contributed by atoms with E-state index in [2.05, 4.69) is 15.2 Å². The van der Waals surface area contributed by atoms with Crippen LogP contribution in [0.1, 0.15) is 33.2 Å². The standard InChI is InChI=1S/C22H25N5O3/c1-15-13-20(28)21(23-27(15)18-7-5-4-6-8-18)22(29)26-11-9-25(10-12-26)14-19-16(2)24-30-17(19)3/h4-8,13H,9-12,14H2,1-3H3. The van der Waals surface area contributed by atoms with Crippen LogP contribution in [-0.2, 0) is 6.54 Å². The first kappa shape index (κ1) is 20.0. The molecular weight excluding hydrogens is 382 g/mol. The van der Waals surface area contributed by atoms with Gasteiger partial charge >= 0.3 is 0 Å². The lowest BCUT2D eigenvalue weighted by atomic mass is 10.1. The number of carbonyl (C=O) groups is 1. The summed E-state index contributed by atoms with van der Waals surface area (Å²) in [7, 11) is 0. The Labute approximate surface area is 174 Å². The van der Waals surface area contributed by atoms with E-state index in [0.29, 0.717) is 31.9 Å². The van der Waals surface area contributed by atoms with Crippen molar-refractivity contribution in [3.05, 3.63) is 75.0 Å². The molecule has 30 heavy (non-hydrogen) atoms. The third-order valence-corrected chi connectivity index (χ3v) is 5.53. The molecule has 1 aliphatic heterocycles. The number of benzene rings is 1. The third kappa shape index (κ3) is 3.91. The van der Waals surface area contributed by atoms with Crippen LogP contribution in [0.25, 0.3) is 5.69 Å². The third-order valence-electron chi connectivity index (χ3n) is 5.53. The molecule has 1 fully saturated rings. The molecule has 156 valence electrons. The fourth-order valence-corrected chi connectivity index (χ4v) is 3.74. The number of amides is 1. The molecular formula is C22H25N5O3. The SMILES string of the molecule is Cc1noc(C)c1CN1CCN(C(=O)c2nn(-c3ccccc3)c(C)cc2=O)CC1. The van der Waals surface area contributed by atoms with Gasteiger partial charge in [-0.3, -0.25) is 14.5 Å². The lowest BCUT2D eigenvalue weighted by Crippen LogP contribution is -2.49. The molecule has 1 aliphatic rings. The molecule has 0 radical (unpaired) electrons. The zero-order chi connectivity index (χ0) is 21.3. The van der Waals surface area contributed by atoms with E-state index in [1.54, 1.807) is 9.58 Å².